The third kappa shape index (κ3) is 2.97. The molecule has 0 spiro atoms. The number of rotatable bonds is 5. The van der Waals surface area contributed by atoms with Crippen LogP contribution in [-0.2, 0) is 0 Å². The predicted octanol–water partition coefficient (Wildman–Crippen LogP) is 3.53. The Morgan fingerprint density at radius 2 is 2.36 bits per heavy atom. The summed E-state index contributed by atoms with van der Waals surface area (Å²) in [6, 6.07) is 1.89. The first-order valence-corrected chi connectivity index (χ1v) is 5.78. The number of allylic oxidation sites excluding steroid dienone is 1. The number of hydrogen-bond donors (Lipinski definition) is 2. The highest BCUT2D eigenvalue weighted by atomic mass is 35.5. The van der Waals surface area contributed by atoms with Crippen LogP contribution in [0.1, 0.15) is 24.4 Å². The van der Waals surface area contributed by atoms with Crippen molar-refractivity contribution in [2.24, 2.45) is 5.84 Å². The van der Waals surface area contributed by atoms with Crippen LogP contribution in [-0.4, -0.2) is 0 Å². The first kappa shape index (κ1) is 12.0. The number of hydrogen-bond acceptors (Lipinski definition) is 3. The minimum absolute atomic E-state index is 0.0456. The van der Waals surface area contributed by atoms with Gasteiger partial charge in [0.2, 0.25) is 0 Å². The molecule has 0 aliphatic carbocycles. The molecule has 1 aromatic heterocycles. The number of halogens is 2. The van der Waals surface area contributed by atoms with Gasteiger partial charge in [0, 0.05) is 11.6 Å². The topological polar surface area (TPSA) is 38.0 Å². The fourth-order valence-electron chi connectivity index (χ4n) is 1.20. The molecule has 0 aliphatic rings. The summed E-state index contributed by atoms with van der Waals surface area (Å²) in [5.41, 5.74) is 3.69. The van der Waals surface area contributed by atoms with Crippen LogP contribution < -0.4 is 11.3 Å². The standard InChI is InChI=1S/C9H12Cl2N2S/c1-2-3-4-7(13-12)6-5-8(10)14-9(6)11/h2,5,7,13H,1,3-4,12H2. The third-order valence-corrected chi connectivity index (χ3v) is 3.44. The van der Waals surface area contributed by atoms with Crippen molar-refractivity contribution in [1.29, 1.82) is 0 Å². The molecule has 2 nitrogen and oxygen atoms in total. The maximum Gasteiger partial charge on any atom is 0.0992 e. The monoisotopic (exact) mass is 250 g/mol. The quantitative estimate of drug-likeness (QED) is 0.477. The summed E-state index contributed by atoms with van der Waals surface area (Å²) in [6.45, 7) is 3.66. The largest absolute Gasteiger partial charge is 0.271 e. The van der Waals surface area contributed by atoms with Gasteiger partial charge in [0.25, 0.3) is 0 Å². The van der Waals surface area contributed by atoms with E-state index < -0.39 is 0 Å². The second kappa shape index (κ2) is 5.73. The van der Waals surface area contributed by atoms with E-state index in [1.165, 1.54) is 11.3 Å². The summed E-state index contributed by atoms with van der Waals surface area (Å²) in [6.07, 6.45) is 3.61. The summed E-state index contributed by atoms with van der Waals surface area (Å²) < 4.78 is 1.38. The van der Waals surface area contributed by atoms with E-state index in [1.807, 2.05) is 12.1 Å². The SMILES string of the molecule is C=CCCC(NN)c1cc(Cl)sc1Cl. The molecular formula is C9H12Cl2N2S. The van der Waals surface area contributed by atoms with E-state index in [-0.39, 0.29) is 6.04 Å². The Bertz CT molecular complexity index is 312. The van der Waals surface area contributed by atoms with Gasteiger partial charge in [-0.1, -0.05) is 29.3 Å². The fraction of sp³-hybridized carbons (Fsp3) is 0.333. The van der Waals surface area contributed by atoms with Crippen molar-refractivity contribution in [2.75, 3.05) is 0 Å². The van der Waals surface area contributed by atoms with Crippen molar-refractivity contribution >= 4 is 34.5 Å². The van der Waals surface area contributed by atoms with E-state index in [9.17, 15) is 0 Å². The minimum atomic E-state index is 0.0456. The van der Waals surface area contributed by atoms with Crippen LogP contribution in [0.15, 0.2) is 18.7 Å². The molecule has 78 valence electrons. The van der Waals surface area contributed by atoms with Gasteiger partial charge in [-0.15, -0.1) is 17.9 Å². The molecule has 1 rings (SSSR count). The molecule has 0 fully saturated rings. The van der Waals surface area contributed by atoms with Crippen LogP contribution in [0.5, 0.6) is 0 Å². The average molecular weight is 251 g/mol. The molecule has 0 amide bonds. The highest BCUT2D eigenvalue weighted by Crippen LogP contribution is 2.36. The van der Waals surface area contributed by atoms with Crippen LogP contribution in [0.2, 0.25) is 8.67 Å². The van der Waals surface area contributed by atoms with Gasteiger partial charge in [-0.25, -0.2) is 0 Å². The van der Waals surface area contributed by atoms with Gasteiger partial charge >= 0.3 is 0 Å². The van der Waals surface area contributed by atoms with Gasteiger partial charge in [0.05, 0.1) is 8.67 Å². The Labute approximate surface area is 97.7 Å². The number of nitrogens with one attached hydrogen (secondary N) is 1. The van der Waals surface area contributed by atoms with Gasteiger partial charge in [0.1, 0.15) is 0 Å². The Kier molecular flexibility index (Phi) is 4.92. The van der Waals surface area contributed by atoms with Crippen LogP contribution in [0.25, 0.3) is 0 Å². The van der Waals surface area contributed by atoms with E-state index >= 15 is 0 Å². The van der Waals surface area contributed by atoms with Gasteiger partial charge in [-0.05, 0) is 18.9 Å². The van der Waals surface area contributed by atoms with Crippen molar-refractivity contribution in [1.82, 2.24) is 5.43 Å². The van der Waals surface area contributed by atoms with E-state index in [0.717, 1.165) is 18.4 Å². The highest BCUT2D eigenvalue weighted by Gasteiger charge is 2.15. The average Bonchev–Trinajstić information content (AvgIpc) is 2.47. The maximum atomic E-state index is 6.01. The molecular weight excluding hydrogens is 239 g/mol. The second-order valence-corrected chi connectivity index (χ2v) is 5.15. The molecule has 1 heterocycles. The van der Waals surface area contributed by atoms with Gasteiger partial charge in [-0.2, -0.15) is 0 Å². The molecule has 0 saturated heterocycles. The van der Waals surface area contributed by atoms with E-state index in [2.05, 4.69) is 12.0 Å². The lowest BCUT2D eigenvalue weighted by molar-refractivity contribution is 0.522. The molecule has 0 saturated carbocycles. The van der Waals surface area contributed by atoms with Gasteiger partial charge in [-0.3, -0.25) is 11.3 Å². The Morgan fingerprint density at radius 3 is 2.79 bits per heavy atom. The van der Waals surface area contributed by atoms with Gasteiger partial charge < -0.3 is 0 Å². The molecule has 3 N–H and O–H groups in total. The lowest BCUT2D eigenvalue weighted by Gasteiger charge is -2.13. The van der Waals surface area contributed by atoms with Crippen molar-refractivity contribution < 1.29 is 0 Å². The third-order valence-electron chi connectivity index (χ3n) is 1.92. The summed E-state index contributed by atoms with van der Waals surface area (Å²) in [5.74, 6) is 5.44. The van der Waals surface area contributed by atoms with Crippen LogP contribution in [0.3, 0.4) is 0 Å². The fourth-order valence-corrected chi connectivity index (χ4v) is 2.78. The molecule has 14 heavy (non-hydrogen) atoms. The summed E-state index contributed by atoms with van der Waals surface area (Å²) in [5, 5.41) is 0. The molecule has 0 bridgehead atoms. The lowest BCUT2D eigenvalue weighted by atomic mass is 10.1. The van der Waals surface area contributed by atoms with E-state index in [0.29, 0.717) is 8.67 Å². The lowest BCUT2D eigenvalue weighted by Crippen LogP contribution is -2.27. The normalized spacial score (nSPS) is 12.8. The van der Waals surface area contributed by atoms with E-state index in [4.69, 9.17) is 29.0 Å². The van der Waals surface area contributed by atoms with Crippen molar-refractivity contribution in [3.63, 3.8) is 0 Å². The van der Waals surface area contributed by atoms with Crippen LogP contribution in [0.4, 0.5) is 0 Å². The Morgan fingerprint density at radius 1 is 1.64 bits per heavy atom. The molecule has 1 unspecified atom stereocenters. The van der Waals surface area contributed by atoms with Crippen LogP contribution >= 0.6 is 34.5 Å². The predicted molar refractivity (Wildman–Crippen MR) is 63.8 cm³/mol. The Hall–Kier alpha value is -0.0600. The van der Waals surface area contributed by atoms with Crippen LogP contribution in [0, 0.1) is 0 Å². The molecule has 1 atom stereocenters. The van der Waals surface area contributed by atoms with Crippen molar-refractivity contribution in [3.05, 3.63) is 33.0 Å². The zero-order valence-corrected chi connectivity index (χ0v) is 9.92. The molecule has 0 aliphatic heterocycles. The zero-order valence-electron chi connectivity index (χ0n) is 7.59. The Balaban J connectivity index is 2.77. The summed E-state index contributed by atoms with van der Waals surface area (Å²) in [4.78, 5) is 0. The second-order valence-electron chi connectivity index (χ2n) is 2.86. The number of thiophene rings is 1. The molecule has 0 radical (unpaired) electrons. The maximum absolute atomic E-state index is 6.01. The smallest absolute Gasteiger partial charge is 0.0992 e. The first-order valence-electron chi connectivity index (χ1n) is 4.20. The number of hydrazine groups is 1. The van der Waals surface area contributed by atoms with E-state index in [1.54, 1.807) is 0 Å². The minimum Gasteiger partial charge on any atom is -0.271 e. The first-order chi connectivity index (χ1) is 6.69. The van der Waals surface area contributed by atoms with Crippen molar-refractivity contribution in [2.45, 2.75) is 18.9 Å². The van der Waals surface area contributed by atoms with Gasteiger partial charge in [0.15, 0.2) is 0 Å². The number of nitrogens with two attached hydrogens (primary N) is 1. The summed E-state index contributed by atoms with van der Waals surface area (Å²) >= 11 is 13.2. The van der Waals surface area contributed by atoms with Crippen molar-refractivity contribution in [3.8, 4) is 0 Å². The molecule has 0 aromatic carbocycles. The molecule has 5 heteroatoms. The highest BCUT2D eigenvalue weighted by molar-refractivity contribution is 7.20. The zero-order chi connectivity index (χ0) is 10.6. The molecule has 1 aromatic rings. The summed E-state index contributed by atoms with van der Waals surface area (Å²) in [7, 11) is 0.